The molecule has 4 atom stereocenters. The average molecular weight is 206 g/mol. The second-order valence-electron chi connectivity index (χ2n) is 3.68. The average Bonchev–Trinajstić information content (AvgIpc) is 2.12. The van der Waals surface area contributed by atoms with Crippen LogP contribution in [0.2, 0.25) is 0 Å². The minimum absolute atomic E-state index is 0.286. The molecule has 0 aliphatic rings. The minimum atomic E-state index is -1.56. The molecule has 4 unspecified atom stereocenters. The van der Waals surface area contributed by atoms with Gasteiger partial charge in [-0.3, -0.25) is 0 Å². The largest absolute Gasteiger partial charge is 0.391 e. The van der Waals surface area contributed by atoms with Gasteiger partial charge in [-0.15, -0.1) is 0 Å². The van der Waals surface area contributed by atoms with Crippen molar-refractivity contribution in [1.29, 1.82) is 0 Å². The van der Waals surface area contributed by atoms with Crippen LogP contribution in [0, 0.1) is 0 Å². The first-order valence-corrected chi connectivity index (χ1v) is 5.13. The zero-order valence-electron chi connectivity index (χ0n) is 9.40. The Morgan fingerprint density at radius 1 is 1.21 bits per heavy atom. The lowest BCUT2D eigenvalue weighted by molar-refractivity contribution is -0.285. The van der Waals surface area contributed by atoms with Gasteiger partial charge in [0.25, 0.3) is 0 Å². The summed E-state index contributed by atoms with van der Waals surface area (Å²) in [5.41, 5.74) is 0. The molecular formula is C10H22O4. The molecule has 0 amide bonds. The van der Waals surface area contributed by atoms with Gasteiger partial charge in [0.2, 0.25) is 0 Å². The zero-order chi connectivity index (χ0) is 11.4. The summed E-state index contributed by atoms with van der Waals surface area (Å²) in [4.78, 5) is 0. The lowest BCUT2D eigenvalue weighted by Gasteiger charge is -2.34. The molecule has 86 valence electrons. The fourth-order valence-corrected chi connectivity index (χ4v) is 1.26. The van der Waals surface area contributed by atoms with Crippen LogP contribution in [0.15, 0.2) is 0 Å². The second kappa shape index (κ2) is 5.66. The molecule has 0 aromatic heterocycles. The van der Waals surface area contributed by atoms with Gasteiger partial charge in [-0.1, -0.05) is 13.8 Å². The minimum Gasteiger partial charge on any atom is -0.391 e. The van der Waals surface area contributed by atoms with Crippen molar-refractivity contribution in [2.45, 2.75) is 64.6 Å². The summed E-state index contributed by atoms with van der Waals surface area (Å²) in [7, 11) is 0. The van der Waals surface area contributed by atoms with E-state index in [-0.39, 0.29) is 6.42 Å². The summed E-state index contributed by atoms with van der Waals surface area (Å²) in [5, 5.41) is 28.5. The van der Waals surface area contributed by atoms with E-state index in [0.717, 1.165) is 0 Å². The predicted octanol–water partition coefficient (Wildman–Crippen LogP) is 0.642. The van der Waals surface area contributed by atoms with Gasteiger partial charge in [-0.2, -0.15) is 0 Å². The molecule has 0 aliphatic carbocycles. The van der Waals surface area contributed by atoms with E-state index < -0.39 is 24.1 Å². The first kappa shape index (κ1) is 13.8. The van der Waals surface area contributed by atoms with Crippen molar-refractivity contribution < 1.29 is 20.1 Å². The van der Waals surface area contributed by atoms with E-state index in [4.69, 9.17) is 4.74 Å². The molecule has 0 aromatic rings. The van der Waals surface area contributed by atoms with Crippen molar-refractivity contribution >= 4 is 0 Å². The van der Waals surface area contributed by atoms with E-state index in [0.29, 0.717) is 6.42 Å². The molecule has 0 fully saturated rings. The summed E-state index contributed by atoms with van der Waals surface area (Å²) in [6.07, 6.45) is -1.20. The fraction of sp³-hybridized carbons (Fsp3) is 1.00. The molecule has 0 heterocycles. The van der Waals surface area contributed by atoms with E-state index in [1.54, 1.807) is 13.8 Å². The molecule has 0 bridgehead atoms. The van der Waals surface area contributed by atoms with Crippen molar-refractivity contribution in [2.75, 3.05) is 0 Å². The van der Waals surface area contributed by atoms with Gasteiger partial charge in [-0.05, 0) is 20.3 Å². The zero-order valence-corrected chi connectivity index (χ0v) is 9.40. The second-order valence-corrected chi connectivity index (χ2v) is 3.68. The Hall–Kier alpha value is -0.160. The first-order valence-electron chi connectivity index (χ1n) is 5.13. The van der Waals surface area contributed by atoms with Crippen molar-refractivity contribution in [3.8, 4) is 0 Å². The monoisotopic (exact) mass is 206 g/mol. The van der Waals surface area contributed by atoms with Crippen LogP contribution in [0.4, 0.5) is 0 Å². The van der Waals surface area contributed by atoms with Crippen LogP contribution in [-0.4, -0.2) is 39.4 Å². The Morgan fingerprint density at radius 3 is 1.93 bits per heavy atom. The van der Waals surface area contributed by atoms with Gasteiger partial charge in [0.05, 0.1) is 12.2 Å². The smallest absolute Gasteiger partial charge is 0.191 e. The molecule has 0 aliphatic heterocycles. The molecule has 0 spiro atoms. The normalized spacial score (nSPS) is 22.5. The molecule has 3 N–H and O–H groups in total. The van der Waals surface area contributed by atoms with Gasteiger partial charge in [0.15, 0.2) is 5.79 Å². The summed E-state index contributed by atoms with van der Waals surface area (Å²) in [5.74, 6) is -1.56. The van der Waals surface area contributed by atoms with Gasteiger partial charge in [0, 0.05) is 6.42 Å². The fourth-order valence-electron chi connectivity index (χ4n) is 1.26. The van der Waals surface area contributed by atoms with Crippen LogP contribution in [0.1, 0.15) is 40.5 Å². The van der Waals surface area contributed by atoms with Gasteiger partial charge in [0.1, 0.15) is 6.10 Å². The summed E-state index contributed by atoms with van der Waals surface area (Å²) in [6, 6.07) is 0. The van der Waals surface area contributed by atoms with E-state index in [2.05, 4.69) is 0 Å². The van der Waals surface area contributed by atoms with Crippen molar-refractivity contribution in [3.05, 3.63) is 0 Å². The topological polar surface area (TPSA) is 69.9 Å². The van der Waals surface area contributed by atoms with Crippen LogP contribution < -0.4 is 0 Å². The highest BCUT2D eigenvalue weighted by atomic mass is 16.6. The summed E-state index contributed by atoms with van der Waals surface area (Å²) >= 11 is 0. The maximum atomic E-state index is 9.86. The van der Waals surface area contributed by atoms with Gasteiger partial charge in [-0.25, -0.2) is 0 Å². The van der Waals surface area contributed by atoms with Crippen LogP contribution in [0.3, 0.4) is 0 Å². The Morgan fingerprint density at radius 2 is 1.71 bits per heavy atom. The predicted molar refractivity (Wildman–Crippen MR) is 53.8 cm³/mol. The highest BCUT2D eigenvalue weighted by molar-refractivity contribution is 4.76. The number of aliphatic hydroxyl groups is 3. The molecular weight excluding hydrogens is 184 g/mol. The first-order chi connectivity index (χ1) is 6.37. The third-order valence-electron chi connectivity index (χ3n) is 2.46. The van der Waals surface area contributed by atoms with Crippen molar-refractivity contribution in [1.82, 2.24) is 0 Å². The van der Waals surface area contributed by atoms with E-state index >= 15 is 0 Å². The lowest BCUT2D eigenvalue weighted by atomic mass is 10.1. The van der Waals surface area contributed by atoms with E-state index in [9.17, 15) is 15.3 Å². The maximum Gasteiger partial charge on any atom is 0.191 e. The Bertz CT molecular complexity index is 158. The quantitative estimate of drug-likeness (QED) is 0.558. The van der Waals surface area contributed by atoms with E-state index in [1.165, 1.54) is 6.92 Å². The Balaban J connectivity index is 4.42. The third kappa shape index (κ3) is 3.53. The molecule has 0 aromatic carbocycles. The van der Waals surface area contributed by atoms with Crippen LogP contribution in [0.5, 0.6) is 0 Å². The molecule has 4 heteroatoms. The van der Waals surface area contributed by atoms with Crippen molar-refractivity contribution in [2.24, 2.45) is 0 Å². The highest BCUT2D eigenvalue weighted by Crippen LogP contribution is 2.21. The molecule has 0 radical (unpaired) electrons. The SMILES string of the molecule is CCC(OC(O)(CC)C(C)O)C(C)O. The number of ether oxygens (including phenoxy) is 1. The Labute approximate surface area is 85.5 Å². The Kier molecular flexibility index (Phi) is 5.59. The van der Waals surface area contributed by atoms with Crippen LogP contribution in [-0.2, 0) is 4.74 Å². The third-order valence-corrected chi connectivity index (χ3v) is 2.46. The maximum absolute atomic E-state index is 9.86. The molecule has 0 saturated carbocycles. The number of rotatable bonds is 6. The summed E-state index contributed by atoms with van der Waals surface area (Å²) < 4.78 is 5.31. The molecule has 0 rings (SSSR count). The number of aliphatic hydroxyl groups excluding tert-OH is 2. The van der Waals surface area contributed by atoms with Gasteiger partial charge < -0.3 is 20.1 Å². The van der Waals surface area contributed by atoms with Crippen molar-refractivity contribution in [3.63, 3.8) is 0 Å². The number of hydrogen-bond acceptors (Lipinski definition) is 4. The van der Waals surface area contributed by atoms with E-state index in [1.807, 2.05) is 6.92 Å². The number of hydrogen-bond donors (Lipinski definition) is 3. The molecule has 14 heavy (non-hydrogen) atoms. The molecule has 0 saturated heterocycles. The summed E-state index contributed by atoms with van der Waals surface area (Å²) in [6.45, 7) is 6.65. The highest BCUT2D eigenvalue weighted by Gasteiger charge is 2.35. The lowest BCUT2D eigenvalue weighted by Crippen LogP contribution is -2.47. The van der Waals surface area contributed by atoms with Gasteiger partial charge >= 0.3 is 0 Å². The van der Waals surface area contributed by atoms with Crippen LogP contribution >= 0.6 is 0 Å². The van der Waals surface area contributed by atoms with Crippen LogP contribution in [0.25, 0.3) is 0 Å². The molecule has 4 nitrogen and oxygen atoms in total. The standard InChI is InChI=1S/C10H22O4/c1-5-9(7(3)11)14-10(13,6-2)8(4)12/h7-9,11-13H,5-6H2,1-4H3.